The third-order valence-corrected chi connectivity index (χ3v) is 6.13. The number of thioether (sulfide) groups is 1. The predicted molar refractivity (Wildman–Crippen MR) is 117 cm³/mol. The Hall–Kier alpha value is -3.36. The normalized spacial score (nSPS) is 11.5. The van der Waals surface area contributed by atoms with Crippen molar-refractivity contribution in [3.63, 3.8) is 0 Å². The molecule has 29 heavy (non-hydrogen) atoms. The number of nitriles is 1. The molecule has 0 atom stereocenters. The molecule has 5 heteroatoms. The van der Waals surface area contributed by atoms with Gasteiger partial charge in [-0.25, -0.2) is 0 Å². The molecule has 4 rings (SSSR count). The highest BCUT2D eigenvalue weighted by Gasteiger charge is 2.28. The van der Waals surface area contributed by atoms with Crippen LogP contribution in [-0.2, 0) is 4.79 Å². The topological polar surface area (TPSA) is 74.0 Å². The van der Waals surface area contributed by atoms with Crippen LogP contribution in [0.2, 0.25) is 0 Å². The van der Waals surface area contributed by atoms with Crippen molar-refractivity contribution in [2.45, 2.75) is 23.5 Å². The third-order valence-electron chi connectivity index (χ3n) is 4.95. The van der Waals surface area contributed by atoms with Gasteiger partial charge in [-0.15, -0.1) is 11.8 Å². The molecule has 1 N–H and O–H groups in total. The molecule has 0 amide bonds. The number of pyridine rings is 1. The summed E-state index contributed by atoms with van der Waals surface area (Å²) in [5, 5.41) is 22.8. The van der Waals surface area contributed by atoms with Crippen LogP contribution in [-0.4, -0.2) is 20.8 Å². The van der Waals surface area contributed by atoms with Gasteiger partial charge in [-0.1, -0.05) is 36.4 Å². The lowest BCUT2D eigenvalue weighted by atomic mass is 9.94. The van der Waals surface area contributed by atoms with Gasteiger partial charge in [0.25, 0.3) is 0 Å². The summed E-state index contributed by atoms with van der Waals surface area (Å²) in [5.74, 6) is -0.851. The summed E-state index contributed by atoms with van der Waals surface area (Å²) in [7, 11) is 0. The molecule has 0 spiro atoms. The summed E-state index contributed by atoms with van der Waals surface area (Å²) in [6.07, 6.45) is 3.63. The van der Waals surface area contributed by atoms with Gasteiger partial charge in [0.2, 0.25) is 0 Å². The van der Waals surface area contributed by atoms with E-state index in [4.69, 9.17) is 0 Å². The number of carbonyl (C=O) groups is 1. The number of benzene rings is 3. The molecule has 0 saturated carbocycles. The van der Waals surface area contributed by atoms with E-state index < -0.39 is 10.7 Å². The number of aliphatic carboxylic acids is 1. The van der Waals surface area contributed by atoms with Gasteiger partial charge < -0.3 is 5.11 Å². The van der Waals surface area contributed by atoms with Crippen LogP contribution in [0.15, 0.2) is 71.9 Å². The van der Waals surface area contributed by atoms with Gasteiger partial charge in [0.05, 0.1) is 11.6 Å². The molecule has 0 unspecified atom stereocenters. The maximum absolute atomic E-state index is 11.5. The van der Waals surface area contributed by atoms with Gasteiger partial charge >= 0.3 is 5.97 Å². The van der Waals surface area contributed by atoms with E-state index in [9.17, 15) is 15.2 Å². The molecule has 3 aromatic carbocycles. The van der Waals surface area contributed by atoms with E-state index in [0.717, 1.165) is 37.6 Å². The van der Waals surface area contributed by atoms with Gasteiger partial charge in [-0.2, -0.15) is 5.26 Å². The Balaban J connectivity index is 1.94. The average molecular weight is 398 g/mol. The molecule has 4 nitrogen and oxygen atoms in total. The number of nitrogens with zero attached hydrogens (tertiary/aromatic N) is 2. The van der Waals surface area contributed by atoms with Crippen LogP contribution in [0.3, 0.4) is 0 Å². The minimum atomic E-state index is -0.929. The number of carboxylic acids is 1. The van der Waals surface area contributed by atoms with Crippen LogP contribution >= 0.6 is 11.8 Å². The van der Waals surface area contributed by atoms with Crippen molar-refractivity contribution in [2.75, 3.05) is 0 Å². The van der Waals surface area contributed by atoms with Crippen molar-refractivity contribution in [1.82, 2.24) is 4.98 Å². The molecule has 0 fully saturated rings. The predicted octanol–water partition coefficient (Wildman–Crippen LogP) is 5.88. The smallest absolute Gasteiger partial charge is 0.319 e. The molecule has 1 aromatic heterocycles. The molecule has 0 aliphatic carbocycles. The van der Waals surface area contributed by atoms with Crippen molar-refractivity contribution in [3.05, 3.63) is 72.6 Å². The number of hydrogen-bond acceptors (Lipinski definition) is 4. The minimum Gasteiger partial charge on any atom is -0.480 e. The van der Waals surface area contributed by atoms with Gasteiger partial charge in [-0.3, -0.25) is 9.78 Å². The lowest BCUT2D eigenvalue weighted by molar-refractivity contribution is -0.138. The summed E-state index contributed by atoms with van der Waals surface area (Å²) in [5.41, 5.74) is 2.59. The van der Waals surface area contributed by atoms with E-state index in [2.05, 4.69) is 11.1 Å². The molecular formula is C24H18N2O2S. The molecule has 142 valence electrons. The fourth-order valence-electron chi connectivity index (χ4n) is 3.40. The zero-order chi connectivity index (χ0) is 20.6. The lowest BCUT2D eigenvalue weighted by Gasteiger charge is -2.19. The van der Waals surface area contributed by atoms with Crippen molar-refractivity contribution in [1.29, 1.82) is 5.26 Å². The summed E-state index contributed by atoms with van der Waals surface area (Å²) < 4.78 is -0.929. The summed E-state index contributed by atoms with van der Waals surface area (Å²) >= 11 is 1.32. The summed E-state index contributed by atoms with van der Waals surface area (Å²) in [6.45, 7) is 3.40. The van der Waals surface area contributed by atoms with Crippen LogP contribution in [0.4, 0.5) is 0 Å². The second-order valence-electron chi connectivity index (χ2n) is 7.31. The maximum Gasteiger partial charge on any atom is 0.319 e. The van der Waals surface area contributed by atoms with Crippen molar-refractivity contribution < 1.29 is 9.90 Å². The molecular weight excluding hydrogens is 380 g/mol. The zero-order valence-corrected chi connectivity index (χ0v) is 16.8. The Morgan fingerprint density at radius 1 is 1.00 bits per heavy atom. The quantitative estimate of drug-likeness (QED) is 0.434. The molecule has 0 saturated heterocycles. The van der Waals surface area contributed by atoms with Crippen molar-refractivity contribution >= 4 is 39.3 Å². The molecule has 0 bridgehead atoms. The number of hydrogen-bond donors (Lipinski definition) is 1. The first-order valence-corrected chi connectivity index (χ1v) is 9.95. The second-order valence-corrected chi connectivity index (χ2v) is 9.00. The van der Waals surface area contributed by atoms with E-state index >= 15 is 0 Å². The SMILES string of the molecule is CC(C)(Sc1ccc2cncc(-c3cccc4c(C#N)cccc34)c2c1)C(=O)O. The average Bonchev–Trinajstić information content (AvgIpc) is 2.72. The molecule has 0 radical (unpaired) electrons. The highest BCUT2D eigenvalue weighted by molar-refractivity contribution is 8.01. The zero-order valence-electron chi connectivity index (χ0n) is 16.0. The Kier molecular flexibility index (Phi) is 4.73. The fourth-order valence-corrected chi connectivity index (χ4v) is 4.39. The van der Waals surface area contributed by atoms with E-state index in [1.165, 1.54) is 11.8 Å². The first-order valence-electron chi connectivity index (χ1n) is 9.13. The highest BCUT2D eigenvalue weighted by Crippen LogP contribution is 2.38. The van der Waals surface area contributed by atoms with E-state index in [0.29, 0.717) is 5.56 Å². The van der Waals surface area contributed by atoms with Gasteiger partial charge in [0.1, 0.15) is 4.75 Å². The Morgan fingerprint density at radius 3 is 2.52 bits per heavy atom. The number of rotatable bonds is 4. The molecule has 0 aliphatic rings. The van der Waals surface area contributed by atoms with Gasteiger partial charge in [0.15, 0.2) is 0 Å². The fraction of sp³-hybridized carbons (Fsp3) is 0.125. The van der Waals surface area contributed by atoms with Crippen LogP contribution in [0.25, 0.3) is 32.7 Å². The second kappa shape index (κ2) is 7.23. The Morgan fingerprint density at radius 2 is 1.76 bits per heavy atom. The van der Waals surface area contributed by atoms with E-state index in [1.807, 2.05) is 67.0 Å². The summed E-state index contributed by atoms with van der Waals surface area (Å²) in [4.78, 5) is 16.8. The molecule has 0 aliphatic heterocycles. The van der Waals surface area contributed by atoms with E-state index in [1.54, 1.807) is 13.8 Å². The maximum atomic E-state index is 11.5. The van der Waals surface area contributed by atoms with Gasteiger partial charge in [0, 0.05) is 33.6 Å². The number of aromatic nitrogens is 1. The van der Waals surface area contributed by atoms with Crippen molar-refractivity contribution in [2.24, 2.45) is 0 Å². The lowest BCUT2D eigenvalue weighted by Crippen LogP contribution is -2.26. The van der Waals surface area contributed by atoms with Crippen LogP contribution < -0.4 is 0 Å². The van der Waals surface area contributed by atoms with E-state index in [-0.39, 0.29) is 0 Å². The van der Waals surface area contributed by atoms with Crippen LogP contribution in [0.1, 0.15) is 19.4 Å². The standard InChI is InChI=1S/C24H18N2O2S/c1-24(2,23(27)28)29-17-10-9-16-13-26-14-22(21(16)11-17)20-8-4-6-18-15(12-25)5-3-7-19(18)20/h3-11,13-14H,1-2H3,(H,27,28). The van der Waals surface area contributed by atoms with Gasteiger partial charge in [-0.05, 0) is 48.4 Å². The first-order chi connectivity index (χ1) is 13.9. The first kappa shape index (κ1) is 19.0. The molecule has 1 heterocycles. The van der Waals surface area contributed by atoms with Crippen LogP contribution in [0.5, 0.6) is 0 Å². The number of fused-ring (bicyclic) bond motifs is 2. The highest BCUT2D eigenvalue weighted by atomic mass is 32.2. The largest absolute Gasteiger partial charge is 0.480 e. The monoisotopic (exact) mass is 398 g/mol. The molecule has 4 aromatic rings. The summed E-state index contributed by atoms with van der Waals surface area (Å²) in [6, 6.07) is 19.8. The minimum absolute atomic E-state index is 0.636. The Labute approximate surface area is 172 Å². The van der Waals surface area contributed by atoms with Crippen LogP contribution in [0, 0.1) is 11.3 Å². The number of carboxylic acid groups (broad SMARTS) is 1. The van der Waals surface area contributed by atoms with Crippen molar-refractivity contribution in [3.8, 4) is 17.2 Å². The Bertz CT molecular complexity index is 1310. The third kappa shape index (κ3) is 3.43.